The number of Topliss-reactive ketones (excluding diaryl/α,β-unsaturated/α-hetero) is 1. The van der Waals surface area contributed by atoms with Gasteiger partial charge in [0.05, 0.1) is 18.8 Å². The van der Waals surface area contributed by atoms with E-state index < -0.39 is 58.3 Å². The Morgan fingerprint density at radius 2 is 1.94 bits per heavy atom. The van der Waals surface area contributed by atoms with Crippen LogP contribution in [0.25, 0.3) is 0 Å². The van der Waals surface area contributed by atoms with E-state index in [1.165, 1.54) is 0 Å². The first-order valence-electron chi connectivity index (χ1n) is 12.1. The Morgan fingerprint density at radius 3 is 2.55 bits per heavy atom. The summed E-state index contributed by atoms with van der Waals surface area (Å²) >= 11 is 1.03. The number of fused-ring (bicyclic) bond motifs is 5. The molecule has 2 heterocycles. The van der Waals surface area contributed by atoms with E-state index in [0.29, 0.717) is 12.8 Å². The smallest absolute Gasteiger partial charge is 0.426 e. The maximum Gasteiger partial charge on any atom is 0.509 e. The van der Waals surface area contributed by atoms with Gasteiger partial charge in [-0.25, -0.2) is 4.79 Å². The van der Waals surface area contributed by atoms with E-state index in [0.717, 1.165) is 23.2 Å². The van der Waals surface area contributed by atoms with E-state index >= 15 is 0 Å². The third-order valence-electron chi connectivity index (χ3n) is 9.77. The zero-order chi connectivity index (χ0) is 24.1. The summed E-state index contributed by atoms with van der Waals surface area (Å²) in [5.41, 5.74) is -2.21. The molecule has 9 atom stereocenters. The van der Waals surface area contributed by atoms with Crippen molar-refractivity contribution in [3.63, 3.8) is 0 Å². The van der Waals surface area contributed by atoms with Gasteiger partial charge >= 0.3 is 6.16 Å². The maximum atomic E-state index is 14.4. The number of carbonyl (C=O) groups excluding carboxylic acids is 2. The van der Waals surface area contributed by atoms with Gasteiger partial charge in [-0.2, -0.15) is 0 Å². The van der Waals surface area contributed by atoms with Crippen molar-refractivity contribution >= 4 is 24.0 Å². The van der Waals surface area contributed by atoms with Crippen molar-refractivity contribution < 1.29 is 78.5 Å². The van der Waals surface area contributed by atoms with Crippen LogP contribution < -0.4 is 0 Å². The molecule has 0 aromatic heterocycles. The number of ether oxygens (including phenoxy) is 3. The molecule has 0 amide bonds. The van der Waals surface area contributed by atoms with Crippen LogP contribution in [0.1, 0.15) is 55.8 Å². The van der Waals surface area contributed by atoms with Crippen molar-refractivity contribution in [3.05, 3.63) is 11.1 Å². The van der Waals surface area contributed by atoms with Gasteiger partial charge in [0.25, 0.3) is 0 Å². The molecule has 33 heavy (non-hydrogen) atoms. The summed E-state index contributed by atoms with van der Waals surface area (Å²) in [6.07, 6.45) is -1.52. The molecule has 5 rings (SSSR count). The number of ketones is 1. The van der Waals surface area contributed by atoms with E-state index in [9.17, 15) is 14.7 Å². The van der Waals surface area contributed by atoms with Gasteiger partial charge in [-0.3, -0.25) is 4.79 Å². The van der Waals surface area contributed by atoms with Crippen molar-refractivity contribution in [1.82, 2.24) is 0 Å². The Hall–Kier alpha value is 0.352. The standard InChI is InChI=1S/C24H34O7S.Ac/c1-11-8-15-23(27,10-28-15)17-19-24(30-20(26)29-19)9-14(31-32-7)12(2)16(21(24,4)5)13(3)18(25)22(11,17)6;/h11,13-15,17,19,27H,8-10H2,1-7H3;/t11-,13+,14-,15+,17-,19-,22+,23-,24+;/m0./s1/i7T;. The van der Waals surface area contributed by atoms with Gasteiger partial charge in [-0.05, 0) is 42.5 Å². The molecule has 5 aliphatic rings. The molecule has 2 aliphatic heterocycles. The summed E-state index contributed by atoms with van der Waals surface area (Å²) in [5, 5.41) is 11.9. The monoisotopic (exact) mass is 695 g/mol. The molecule has 1 radical (unpaired) electrons. The van der Waals surface area contributed by atoms with E-state index in [-0.39, 0.29) is 68.6 Å². The predicted octanol–water partition coefficient (Wildman–Crippen LogP) is 3.68. The topological polar surface area (TPSA) is 91.3 Å². The molecule has 181 valence electrons. The Bertz CT molecular complexity index is 942. The molecule has 4 fully saturated rings. The first kappa shape index (κ1) is 25.0. The summed E-state index contributed by atoms with van der Waals surface area (Å²) in [7, 11) is 0. The van der Waals surface area contributed by atoms with Crippen LogP contribution in [-0.4, -0.2) is 59.4 Å². The third kappa shape index (κ3) is 3.08. The fraction of sp³-hybridized carbons (Fsp3) is 0.833. The van der Waals surface area contributed by atoms with Gasteiger partial charge in [0, 0.05) is 80.8 Å². The van der Waals surface area contributed by atoms with Crippen molar-refractivity contribution in [2.24, 2.45) is 28.6 Å². The van der Waals surface area contributed by atoms with Crippen LogP contribution >= 0.6 is 12.0 Å². The second kappa shape index (κ2) is 8.18. The maximum absolute atomic E-state index is 14.4. The normalized spacial score (nSPS) is 50.2. The van der Waals surface area contributed by atoms with Gasteiger partial charge in [-0.1, -0.05) is 34.6 Å². The predicted molar refractivity (Wildman–Crippen MR) is 118 cm³/mol. The zero-order valence-electron chi connectivity index (χ0n) is 21.2. The van der Waals surface area contributed by atoms with Crippen LogP contribution in [0.2, 0.25) is 0 Å². The molecule has 1 N–H and O–H groups in total. The fourth-order valence-electron chi connectivity index (χ4n) is 7.95. The molecule has 2 saturated heterocycles. The first-order valence-corrected chi connectivity index (χ1v) is 12.3. The summed E-state index contributed by atoms with van der Waals surface area (Å²) < 4.78 is 31.3. The molecular weight excluding hydrogens is 659 g/mol. The Balaban J connectivity index is 0.00000274. The number of rotatable bonds is 2. The van der Waals surface area contributed by atoms with E-state index in [2.05, 4.69) is 0 Å². The van der Waals surface area contributed by atoms with Gasteiger partial charge in [0.2, 0.25) is 0 Å². The van der Waals surface area contributed by atoms with Crippen LogP contribution in [-0.2, 0) is 23.2 Å². The number of hydrogen-bond donors (Lipinski definition) is 1. The molecule has 2 saturated carbocycles. The van der Waals surface area contributed by atoms with E-state index in [1.807, 2.05) is 41.5 Å². The van der Waals surface area contributed by atoms with Crippen LogP contribution in [0.3, 0.4) is 0 Å². The molecule has 7 nitrogen and oxygen atoms in total. The largest absolute Gasteiger partial charge is 0.509 e. The Kier molecular flexibility index (Phi) is 6.20. The van der Waals surface area contributed by atoms with Crippen LogP contribution in [0.5, 0.6) is 0 Å². The average Bonchev–Trinajstić information content (AvgIpc) is 3.07. The van der Waals surface area contributed by atoms with Gasteiger partial charge in [0.15, 0.2) is 11.7 Å². The van der Waals surface area contributed by atoms with Crippen LogP contribution in [0, 0.1) is 72.6 Å². The van der Waals surface area contributed by atoms with E-state index in [1.54, 1.807) is 0 Å². The van der Waals surface area contributed by atoms with Crippen molar-refractivity contribution in [1.29, 1.82) is 0 Å². The van der Waals surface area contributed by atoms with E-state index in [4.69, 9.17) is 19.8 Å². The van der Waals surface area contributed by atoms with Crippen molar-refractivity contribution in [2.45, 2.75) is 83.9 Å². The number of aliphatic hydroxyl groups is 1. The second-order valence-corrected chi connectivity index (χ2v) is 11.6. The Morgan fingerprint density at radius 1 is 1.24 bits per heavy atom. The minimum Gasteiger partial charge on any atom is -0.426 e. The minimum atomic E-state index is -1.28. The molecule has 0 aromatic carbocycles. The summed E-state index contributed by atoms with van der Waals surface area (Å²) in [6, 6.07) is 0. The fourth-order valence-corrected chi connectivity index (χ4v) is 8.33. The Labute approximate surface area is 237 Å². The molecule has 3 aliphatic carbocycles. The van der Waals surface area contributed by atoms with Crippen molar-refractivity contribution in [3.8, 4) is 0 Å². The second-order valence-electron chi connectivity index (χ2n) is 11.2. The van der Waals surface area contributed by atoms with Gasteiger partial charge < -0.3 is 23.5 Å². The molecule has 0 unspecified atom stereocenters. The zero-order valence-corrected chi connectivity index (χ0v) is 25.7. The summed E-state index contributed by atoms with van der Waals surface area (Å²) in [5.74, 6) is -1.15. The number of carbonyl (C=O) groups is 2. The summed E-state index contributed by atoms with van der Waals surface area (Å²) in [4.78, 5) is 27.2. The minimum absolute atomic E-state index is 0. The van der Waals surface area contributed by atoms with Gasteiger partial charge in [-0.15, -0.1) is 0 Å². The van der Waals surface area contributed by atoms with Gasteiger partial charge in [0.1, 0.15) is 11.4 Å². The summed E-state index contributed by atoms with van der Waals surface area (Å²) in [6.45, 7) is 12.0. The third-order valence-corrected chi connectivity index (χ3v) is 10.1. The molecule has 1 spiro atoms. The molecule has 9 heteroatoms. The average molecular weight is 696 g/mol. The molecule has 0 aromatic rings. The molecular formula is C24H34AcO7S. The number of hydrogen-bond acceptors (Lipinski definition) is 8. The SMILES string of the molecule is [3H]CSO[C@H]1C[C@@]23OC(=O)O[C@H]2[C@@H]2[C@]4(O)CO[C@@H]4C[C@H](C)[C@@]2(C)C(=O)[C@H](C)C(=C1C)C3(C)C.[Ac]. The van der Waals surface area contributed by atoms with Crippen LogP contribution in [0.15, 0.2) is 11.1 Å². The van der Waals surface area contributed by atoms with Crippen LogP contribution in [0.4, 0.5) is 4.79 Å². The first-order chi connectivity index (χ1) is 15.4. The molecule has 2 bridgehead atoms. The quantitative estimate of drug-likeness (QED) is 0.266. The van der Waals surface area contributed by atoms with Crippen molar-refractivity contribution in [2.75, 3.05) is 12.8 Å².